The maximum atomic E-state index is 11.6. The Balaban J connectivity index is 1.60. The first-order chi connectivity index (χ1) is 14.6. The molecule has 0 aromatic carbocycles. The molecule has 0 aromatic rings. The molecule has 0 bridgehead atoms. The van der Waals surface area contributed by atoms with Crippen molar-refractivity contribution in [2.45, 2.75) is 98.2 Å². The molecule has 1 N–H and O–H groups in total. The number of carbonyl (C=O) groups excluding carboxylic acids is 2. The molecule has 0 radical (unpaired) electrons. The molecule has 0 unspecified atom stereocenters. The molecule has 31 heavy (non-hydrogen) atoms. The van der Waals surface area contributed by atoms with E-state index < -0.39 is 0 Å². The maximum Gasteiger partial charge on any atom is 0.302 e. The van der Waals surface area contributed by atoms with Crippen LogP contribution in [0.25, 0.3) is 0 Å². The molecule has 4 aliphatic carbocycles. The highest BCUT2D eigenvalue weighted by Crippen LogP contribution is 2.67. The number of fused-ring (bicyclic) bond motifs is 5. The van der Waals surface area contributed by atoms with Gasteiger partial charge in [-0.05, 0) is 87.4 Å². The summed E-state index contributed by atoms with van der Waals surface area (Å²) in [6, 6.07) is 0. The van der Waals surface area contributed by atoms with Crippen molar-refractivity contribution in [1.82, 2.24) is 0 Å². The van der Waals surface area contributed by atoms with E-state index in [2.05, 4.69) is 19.0 Å². The highest BCUT2D eigenvalue weighted by Gasteiger charge is 2.63. The van der Waals surface area contributed by atoms with Crippen molar-refractivity contribution >= 4 is 17.7 Å². The second-order valence-electron chi connectivity index (χ2n) is 11.2. The van der Waals surface area contributed by atoms with Gasteiger partial charge >= 0.3 is 11.9 Å². The van der Waals surface area contributed by atoms with E-state index in [1.807, 2.05) is 6.92 Å². The molecule has 0 spiro atoms. The molecule has 4 rings (SSSR count). The van der Waals surface area contributed by atoms with Crippen LogP contribution in [0.1, 0.15) is 86.0 Å². The summed E-state index contributed by atoms with van der Waals surface area (Å²) in [5, 5.41) is 14.0. The number of esters is 2. The average molecular weight is 434 g/mol. The van der Waals surface area contributed by atoms with Gasteiger partial charge in [0.15, 0.2) is 0 Å². The molecule has 4 saturated carbocycles. The minimum atomic E-state index is -0.242. The Labute approximate surface area is 186 Å². The van der Waals surface area contributed by atoms with E-state index in [1.54, 1.807) is 0 Å². The van der Waals surface area contributed by atoms with Gasteiger partial charge in [0, 0.05) is 25.2 Å². The van der Waals surface area contributed by atoms with Crippen LogP contribution in [0.3, 0.4) is 0 Å². The van der Waals surface area contributed by atoms with Crippen LogP contribution in [0, 0.1) is 40.4 Å². The van der Waals surface area contributed by atoms with Crippen LogP contribution in [-0.4, -0.2) is 35.1 Å². The summed E-state index contributed by atoms with van der Waals surface area (Å²) < 4.78 is 11.2. The number of carbonyl (C=O) groups is 2. The van der Waals surface area contributed by atoms with E-state index in [4.69, 9.17) is 9.47 Å². The second-order valence-corrected chi connectivity index (χ2v) is 11.2. The van der Waals surface area contributed by atoms with Crippen molar-refractivity contribution < 1.29 is 24.3 Å². The minimum absolute atomic E-state index is 0.0485. The standard InChI is InChI=1S/C25H39NO5/c1-14(30-15(2)27)20-8-9-21-19-7-6-17-12-18(31-16(3)28)10-11-24(17,4)22(19)13-23(26-29)25(20,21)5/h14,17-22,29H,6-13H2,1-5H3/b26-23-/t14-,17+,18+,19+,20-,21+,22+,24+,25-/m1/s1. The fourth-order valence-corrected chi connectivity index (χ4v) is 8.57. The Morgan fingerprint density at radius 3 is 2.45 bits per heavy atom. The Morgan fingerprint density at radius 2 is 1.81 bits per heavy atom. The summed E-state index contributed by atoms with van der Waals surface area (Å²) in [6.45, 7) is 9.66. The molecule has 9 atom stereocenters. The zero-order valence-corrected chi connectivity index (χ0v) is 19.7. The molecule has 0 heterocycles. The molecule has 0 amide bonds. The first-order valence-electron chi connectivity index (χ1n) is 12.2. The van der Waals surface area contributed by atoms with Gasteiger partial charge in [0.1, 0.15) is 12.2 Å². The van der Waals surface area contributed by atoms with E-state index >= 15 is 0 Å². The first kappa shape index (κ1) is 22.6. The fraction of sp³-hybridized carbons (Fsp3) is 0.880. The van der Waals surface area contributed by atoms with E-state index in [9.17, 15) is 14.8 Å². The number of oxime groups is 1. The predicted octanol–water partition coefficient (Wildman–Crippen LogP) is 4.97. The molecular formula is C25H39NO5. The average Bonchev–Trinajstić information content (AvgIpc) is 3.05. The fourth-order valence-electron chi connectivity index (χ4n) is 8.57. The SMILES string of the molecule is CC(=O)O[C@H]1CC[C@@]2(C)[C@@H](CC[C@@H]3[C@@H]2C/C(=N/O)[C@]2(C)[C@@H]([C@@H](C)OC(C)=O)CC[C@@H]32)C1. The van der Waals surface area contributed by atoms with E-state index in [1.165, 1.54) is 26.7 Å². The third-order valence-electron chi connectivity index (χ3n) is 9.95. The van der Waals surface area contributed by atoms with Crippen LogP contribution < -0.4 is 0 Å². The number of rotatable bonds is 3. The van der Waals surface area contributed by atoms with Crippen molar-refractivity contribution in [1.29, 1.82) is 0 Å². The van der Waals surface area contributed by atoms with Gasteiger partial charge in [-0.1, -0.05) is 19.0 Å². The van der Waals surface area contributed by atoms with Gasteiger partial charge in [0.05, 0.1) is 5.71 Å². The molecule has 4 aliphatic rings. The highest BCUT2D eigenvalue weighted by molar-refractivity contribution is 5.91. The molecule has 0 aromatic heterocycles. The monoisotopic (exact) mass is 433 g/mol. The van der Waals surface area contributed by atoms with Crippen LogP contribution in [0.2, 0.25) is 0 Å². The topological polar surface area (TPSA) is 85.2 Å². The summed E-state index contributed by atoms with van der Waals surface area (Å²) in [4.78, 5) is 23.1. The van der Waals surface area contributed by atoms with E-state index in [-0.39, 0.29) is 40.9 Å². The third-order valence-corrected chi connectivity index (χ3v) is 9.95. The molecular weight excluding hydrogens is 394 g/mol. The molecule has 174 valence electrons. The van der Waals surface area contributed by atoms with Gasteiger partial charge in [-0.2, -0.15) is 0 Å². The molecule has 4 fully saturated rings. The van der Waals surface area contributed by atoms with Crippen LogP contribution >= 0.6 is 0 Å². The zero-order valence-electron chi connectivity index (χ0n) is 19.7. The van der Waals surface area contributed by atoms with Crippen molar-refractivity contribution in [3.8, 4) is 0 Å². The van der Waals surface area contributed by atoms with Crippen molar-refractivity contribution in [3.63, 3.8) is 0 Å². The van der Waals surface area contributed by atoms with Crippen LogP contribution in [0.15, 0.2) is 5.16 Å². The first-order valence-corrected chi connectivity index (χ1v) is 12.2. The van der Waals surface area contributed by atoms with Gasteiger partial charge in [-0.25, -0.2) is 0 Å². The lowest BCUT2D eigenvalue weighted by Crippen LogP contribution is -2.58. The second kappa shape index (κ2) is 8.08. The van der Waals surface area contributed by atoms with Gasteiger partial charge in [0.25, 0.3) is 0 Å². The lowest BCUT2D eigenvalue weighted by atomic mass is 9.44. The molecule has 0 saturated heterocycles. The van der Waals surface area contributed by atoms with E-state index in [0.29, 0.717) is 23.7 Å². The van der Waals surface area contributed by atoms with Crippen LogP contribution in [-0.2, 0) is 19.1 Å². The van der Waals surface area contributed by atoms with Crippen molar-refractivity contribution in [3.05, 3.63) is 0 Å². The summed E-state index contributed by atoms with van der Waals surface area (Å²) in [6.07, 6.45) is 8.11. The summed E-state index contributed by atoms with van der Waals surface area (Å²) in [5.41, 5.74) is 0.878. The minimum Gasteiger partial charge on any atom is -0.463 e. The van der Waals surface area contributed by atoms with Gasteiger partial charge in [-0.3, -0.25) is 9.59 Å². The smallest absolute Gasteiger partial charge is 0.302 e. The lowest BCUT2D eigenvalue weighted by Gasteiger charge is -2.61. The lowest BCUT2D eigenvalue weighted by molar-refractivity contribution is -0.157. The Morgan fingerprint density at radius 1 is 1.06 bits per heavy atom. The number of hydrogen-bond donors (Lipinski definition) is 1. The van der Waals surface area contributed by atoms with Crippen molar-refractivity contribution in [2.24, 2.45) is 45.6 Å². The molecule has 6 nitrogen and oxygen atoms in total. The largest absolute Gasteiger partial charge is 0.463 e. The summed E-state index contributed by atoms with van der Waals surface area (Å²) in [7, 11) is 0. The van der Waals surface area contributed by atoms with Crippen molar-refractivity contribution in [2.75, 3.05) is 0 Å². The molecule has 6 heteroatoms. The van der Waals surface area contributed by atoms with Crippen LogP contribution in [0.4, 0.5) is 0 Å². The van der Waals surface area contributed by atoms with Gasteiger partial charge in [-0.15, -0.1) is 0 Å². The Bertz CT molecular complexity index is 765. The summed E-state index contributed by atoms with van der Waals surface area (Å²) >= 11 is 0. The zero-order chi connectivity index (χ0) is 22.6. The maximum absolute atomic E-state index is 11.6. The third kappa shape index (κ3) is 3.58. The summed E-state index contributed by atoms with van der Waals surface area (Å²) in [5.74, 6) is 1.89. The van der Waals surface area contributed by atoms with Gasteiger partial charge in [0.2, 0.25) is 0 Å². The number of nitrogens with zero attached hydrogens (tertiary/aromatic N) is 1. The number of ether oxygens (including phenoxy) is 2. The van der Waals surface area contributed by atoms with E-state index in [0.717, 1.165) is 44.2 Å². The molecule has 0 aliphatic heterocycles. The van der Waals surface area contributed by atoms with Gasteiger partial charge < -0.3 is 14.7 Å². The Hall–Kier alpha value is -1.59. The quantitative estimate of drug-likeness (QED) is 0.386. The number of hydrogen-bond acceptors (Lipinski definition) is 6. The highest BCUT2D eigenvalue weighted by atomic mass is 16.5. The predicted molar refractivity (Wildman–Crippen MR) is 117 cm³/mol. The normalized spacial score (nSPS) is 46.4. The van der Waals surface area contributed by atoms with Crippen LogP contribution in [0.5, 0.6) is 0 Å². The Kier molecular flexibility index (Phi) is 5.89.